The summed E-state index contributed by atoms with van der Waals surface area (Å²) in [5, 5.41) is 6.09. The first-order valence-corrected chi connectivity index (χ1v) is 7.00. The first-order chi connectivity index (χ1) is 9.85. The number of anilines is 1. The molecule has 0 bridgehead atoms. The molecule has 8 heteroatoms. The van der Waals surface area contributed by atoms with Crippen LogP contribution >= 0.6 is 22.9 Å². The van der Waals surface area contributed by atoms with E-state index in [1.165, 1.54) is 29.5 Å². The second-order valence-corrected chi connectivity index (χ2v) is 5.23. The number of amides is 1. The summed E-state index contributed by atoms with van der Waals surface area (Å²) in [6, 6.07) is 5.59. The molecule has 0 aliphatic rings. The van der Waals surface area contributed by atoms with Gasteiger partial charge in [-0.2, -0.15) is 24.5 Å². The smallest absolute Gasteiger partial charge is 0.422 e. The van der Waals surface area contributed by atoms with Gasteiger partial charge in [0.2, 0.25) is 0 Å². The lowest BCUT2D eigenvalue weighted by Gasteiger charge is -2.14. The number of hydrogen-bond donors (Lipinski definition) is 1. The van der Waals surface area contributed by atoms with Gasteiger partial charge in [0.1, 0.15) is 5.75 Å². The van der Waals surface area contributed by atoms with Crippen molar-refractivity contribution < 1.29 is 22.7 Å². The third-order valence-corrected chi connectivity index (χ3v) is 3.28. The summed E-state index contributed by atoms with van der Waals surface area (Å²) < 4.78 is 41.3. The van der Waals surface area contributed by atoms with Crippen LogP contribution in [0.2, 0.25) is 5.02 Å². The van der Waals surface area contributed by atoms with Crippen LogP contribution in [-0.4, -0.2) is 18.7 Å². The van der Waals surface area contributed by atoms with E-state index >= 15 is 0 Å². The number of thiophene rings is 1. The van der Waals surface area contributed by atoms with E-state index in [1.807, 2.05) is 0 Å². The van der Waals surface area contributed by atoms with Crippen LogP contribution in [0, 0.1) is 0 Å². The maximum absolute atomic E-state index is 12.2. The van der Waals surface area contributed by atoms with Gasteiger partial charge in [0.15, 0.2) is 6.61 Å². The van der Waals surface area contributed by atoms with Crippen LogP contribution in [0.3, 0.4) is 0 Å². The van der Waals surface area contributed by atoms with Gasteiger partial charge >= 0.3 is 6.18 Å². The Hall–Kier alpha value is -1.73. The zero-order chi connectivity index (χ0) is 15.5. The maximum Gasteiger partial charge on any atom is 0.422 e. The van der Waals surface area contributed by atoms with E-state index in [2.05, 4.69) is 10.1 Å². The van der Waals surface area contributed by atoms with Crippen molar-refractivity contribution in [1.82, 2.24) is 0 Å². The van der Waals surface area contributed by atoms with Gasteiger partial charge in [0.05, 0.1) is 11.3 Å². The van der Waals surface area contributed by atoms with E-state index in [0.29, 0.717) is 5.56 Å². The monoisotopic (exact) mass is 335 g/mol. The second kappa shape index (κ2) is 6.36. The standard InChI is InChI=1S/C13H9ClF3NO2S/c14-9-1-2-11(20-7-13(15,16)17)10(5-9)18-12(19)8-3-4-21-6-8/h1-6H,7H2,(H,18,19). The van der Waals surface area contributed by atoms with Gasteiger partial charge in [-0.15, -0.1) is 0 Å². The van der Waals surface area contributed by atoms with Crippen LogP contribution in [0.15, 0.2) is 35.0 Å². The number of nitrogens with one attached hydrogen (secondary N) is 1. The fourth-order valence-electron chi connectivity index (χ4n) is 1.47. The molecule has 0 fully saturated rings. The fourth-order valence-corrected chi connectivity index (χ4v) is 2.28. The average Bonchev–Trinajstić information content (AvgIpc) is 2.90. The van der Waals surface area contributed by atoms with Crippen LogP contribution in [0.25, 0.3) is 0 Å². The average molecular weight is 336 g/mol. The van der Waals surface area contributed by atoms with E-state index in [9.17, 15) is 18.0 Å². The molecule has 0 atom stereocenters. The highest BCUT2D eigenvalue weighted by Crippen LogP contribution is 2.30. The minimum Gasteiger partial charge on any atom is -0.482 e. The molecule has 1 N–H and O–H groups in total. The number of rotatable bonds is 4. The van der Waals surface area contributed by atoms with Crippen LogP contribution in [0.4, 0.5) is 18.9 Å². The van der Waals surface area contributed by atoms with Crippen molar-refractivity contribution in [2.45, 2.75) is 6.18 Å². The first kappa shape index (κ1) is 15.7. The zero-order valence-electron chi connectivity index (χ0n) is 10.4. The highest BCUT2D eigenvalue weighted by Gasteiger charge is 2.29. The summed E-state index contributed by atoms with van der Waals surface area (Å²) in [5.41, 5.74) is 0.490. The van der Waals surface area contributed by atoms with Crippen LogP contribution in [-0.2, 0) is 0 Å². The third kappa shape index (κ3) is 4.64. The first-order valence-electron chi connectivity index (χ1n) is 5.68. The molecule has 0 unspecified atom stereocenters. The van der Waals surface area contributed by atoms with Crippen molar-refractivity contribution in [2.24, 2.45) is 0 Å². The summed E-state index contributed by atoms with van der Waals surface area (Å²) in [6.45, 7) is -1.45. The number of ether oxygens (including phenoxy) is 1. The summed E-state index contributed by atoms with van der Waals surface area (Å²) in [4.78, 5) is 11.9. The predicted octanol–water partition coefficient (Wildman–Crippen LogP) is 4.59. The largest absolute Gasteiger partial charge is 0.482 e. The van der Waals surface area contributed by atoms with Crippen LogP contribution in [0.1, 0.15) is 10.4 Å². The van der Waals surface area contributed by atoms with Gasteiger partial charge in [-0.1, -0.05) is 11.6 Å². The Balaban J connectivity index is 2.17. The number of hydrogen-bond acceptors (Lipinski definition) is 3. The molecule has 1 aromatic carbocycles. The van der Waals surface area contributed by atoms with Gasteiger partial charge in [0.25, 0.3) is 5.91 Å². The Morgan fingerprint density at radius 3 is 2.71 bits per heavy atom. The molecule has 3 nitrogen and oxygen atoms in total. The number of benzene rings is 1. The Bertz CT molecular complexity index is 629. The predicted molar refractivity (Wildman–Crippen MR) is 75.3 cm³/mol. The second-order valence-electron chi connectivity index (χ2n) is 4.01. The van der Waals surface area contributed by atoms with E-state index in [1.54, 1.807) is 16.8 Å². The van der Waals surface area contributed by atoms with E-state index in [4.69, 9.17) is 11.6 Å². The minimum absolute atomic E-state index is 0.0861. The maximum atomic E-state index is 12.2. The summed E-state index contributed by atoms with van der Waals surface area (Å²) in [5.74, 6) is -0.546. The minimum atomic E-state index is -4.46. The molecule has 21 heavy (non-hydrogen) atoms. The summed E-state index contributed by atoms with van der Waals surface area (Å²) >= 11 is 7.12. The van der Waals surface area contributed by atoms with Gasteiger partial charge in [0, 0.05) is 10.4 Å². The van der Waals surface area contributed by atoms with Gasteiger partial charge in [-0.3, -0.25) is 4.79 Å². The highest BCUT2D eigenvalue weighted by molar-refractivity contribution is 7.08. The molecule has 1 heterocycles. The normalized spacial score (nSPS) is 11.2. The molecule has 0 saturated heterocycles. The Labute approximate surface area is 127 Å². The molecule has 0 aliphatic carbocycles. The van der Waals surface area contributed by atoms with Gasteiger partial charge in [-0.25, -0.2) is 0 Å². The third-order valence-electron chi connectivity index (χ3n) is 2.36. The molecule has 1 aromatic heterocycles. The quantitative estimate of drug-likeness (QED) is 0.887. The highest BCUT2D eigenvalue weighted by atomic mass is 35.5. The van der Waals surface area contributed by atoms with Gasteiger partial charge in [-0.05, 0) is 29.6 Å². The van der Waals surface area contributed by atoms with E-state index in [-0.39, 0.29) is 16.5 Å². The van der Waals surface area contributed by atoms with Crippen molar-refractivity contribution in [2.75, 3.05) is 11.9 Å². The van der Waals surface area contributed by atoms with Crippen molar-refractivity contribution >= 4 is 34.5 Å². The lowest BCUT2D eigenvalue weighted by molar-refractivity contribution is -0.153. The van der Waals surface area contributed by atoms with Crippen molar-refractivity contribution in [3.8, 4) is 5.75 Å². The summed E-state index contributed by atoms with van der Waals surface area (Å²) in [6.07, 6.45) is -4.46. The van der Waals surface area contributed by atoms with Crippen molar-refractivity contribution in [3.05, 3.63) is 45.6 Å². The molecular formula is C13H9ClF3NO2S. The number of carbonyl (C=O) groups excluding carboxylic acids is 1. The molecule has 0 radical (unpaired) electrons. The molecule has 0 spiro atoms. The molecule has 1 amide bonds. The SMILES string of the molecule is O=C(Nc1cc(Cl)ccc1OCC(F)(F)F)c1ccsc1. The van der Waals surface area contributed by atoms with Crippen molar-refractivity contribution in [1.29, 1.82) is 0 Å². The molecule has 112 valence electrons. The van der Waals surface area contributed by atoms with E-state index in [0.717, 1.165) is 0 Å². The molecule has 2 rings (SSSR count). The van der Waals surface area contributed by atoms with Crippen LogP contribution < -0.4 is 10.1 Å². The lowest BCUT2D eigenvalue weighted by atomic mass is 10.2. The number of halogens is 4. The Morgan fingerprint density at radius 1 is 1.33 bits per heavy atom. The Morgan fingerprint density at radius 2 is 2.10 bits per heavy atom. The molecule has 2 aromatic rings. The molecule has 0 saturated carbocycles. The van der Waals surface area contributed by atoms with Crippen LogP contribution in [0.5, 0.6) is 5.75 Å². The summed E-state index contributed by atoms with van der Waals surface area (Å²) in [7, 11) is 0. The number of alkyl halides is 3. The van der Waals surface area contributed by atoms with Gasteiger partial charge < -0.3 is 10.1 Å². The molecular weight excluding hydrogens is 327 g/mol. The van der Waals surface area contributed by atoms with E-state index < -0.39 is 18.7 Å². The number of carbonyl (C=O) groups is 1. The molecule has 0 aliphatic heterocycles. The lowest BCUT2D eigenvalue weighted by Crippen LogP contribution is -2.20. The fraction of sp³-hybridized carbons (Fsp3) is 0.154. The topological polar surface area (TPSA) is 38.3 Å². The van der Waals surface area contributed by atoms with Crippen molar-refractivity contribution in [3.63, 3.8) is 0 Å². The Kier molecular flexibility index (Phi) is 4.74. The zero-order valence-corrected chi connectivity index (χ0v) is 12.0.